The van der Waals surface area contributed by atoms with Crippen LogP contribution in [0.15, 0.2) is 29.3 Å². The summed E-state index contributed by atoms with van der Waals surface area (Å²) in [5, 5.41) is 0.550. The van der Waals surface area contributed by atoms with E-state index in [1.165, 1.54) is 17.3 Å². The summed E-state index contributed by atoms with van der Waals surface area (Å²) in [7, 11) is 3.81. The number of piperidine rings is 1. The molecular weight excluding hydrogens is 304 g/mol. The molecule has 5 rings (SSSR count). The van der Waals surface area contributed by atoms with Gasteiger partial charge in [-0.1, -0.05) is 0 Å². The van der Waals surface area contributed by atoms with Gasteiger partial charge in [-0.25, -0.2) is 4.98 Å². The topological polar surface area (TPSA) is 58.4 Å². The van der Waals surface area contributed by atoms with Crippen LogP contribution < -0.4 is 5.56 Å². The number of hydrogen-bond acceptors (Lipinski definition) is 4. The van der Waals surface area contributed by atoms with Crippen LogP contribution >= 0.6 is 0 Å². The lowest BCUT2D eigenvalue weighted by atomic mass is 9.94. The highest BCUT2D eigenvalue weighted by Gasteiger charge is 2.36. The smallest absolute Gasteiger partial charge is 0.260 e. The van der Waals surface area contributed by atoms with Crippen molar-refractivity contribution in [3.63, 3.8) is 0 Å². The Bertz CT molecular complexity index is 860. The minimum Gasteiger partial charge on any atom is -0.334 e. The third kappa shape index (κ3) is 2.51. The number of amides is 1. The molecule has 0 radical (unpaired) electrons. The minimum atomic E-state index is -0.0885. The number of nitrogens with zero attached hydrogens (tertiary/aromatic N) is 4. The van der Waals surface area contributed by atoms with Gasteiger partial charge in [-0.3, -0.25) is 9.59 Å². The van der Waals surface area contributed by atoms with Gasteiger partial charge in [0.15, 0.2) is 0 Å². The molecule has 6 heteroatoms. The van der Waals surface area contributed by atoms with Crippen molar-refractivity contribution < 1.29 is 4.79 Å². The quantitative estimate of drug-likeness (QED) is 0.787. The Hall–Kier alpha value is -2.21. The highest BCUT2D eigenvalue weighted by molar-refractivity contribution is 5.97. The van der Waals surface area contributed by atoms with Crippen molar-refractivity contribution in [2.24, 2.45) is 13.0 Å². The summed E-state index contributed by atoms with van der Waals surface area (Å²) in [5.41, 5.74) is 1.12. The molecule has 0 N–H and O–H groups in total. The molecule has 3 aliphatic heterocycles. The van der Waals surface area contributed by atoms with Gasteiger partial charge in [0, 0.05) is 38.3 Å². The first-order valence-corrected chi connectivity index (χ1v) is 8.48. The molecule has 0 saturated carbocycles. The molecule has 1 aromatic heterocycles. The molecule has 0 unspecified atom stereocenters. The molecule has 3 saturated heterocycles. The lowest BCUT2D eigenvalue weighted by molar-refractivity contribution is 0.0587. The van der Waals surface area contributed by atoms with Crippen LogP contribution in [-0.2, 0) is 7.05 Å². The summed E-state index contributed by atoms with van der Waals surface area (Å²) in [4.78, 5) is 33.8. The summed E-state index contributed by atoms with van der Waals surface area (Å²) in [6.45, 7) is 2.83. The normalized spacial score (nSPS) is 24.3. The van der Waals surface area contributed by atoms with Crippen LogP contribution in [0.25, 0.3) is 10.9 Å². The Kier molecular flexibility index (Phi) is 3.64. The molecule has 126 valence electrons. The van der Waals surface area contributed by atoms with Crippen molar-refractivity contribution in [1.82, 2.24) is 19.4 Å². The number of aryl methyl sites for hydroxylation is 1. The summed E-state index contributed by atoms with van der Waals surface area (Å²) in [6, 6.07) is 5.52. The molecule has 3 fully saturated rings. The fourth-order valence-corrected chi connectivity index (χ4v) is 4.07. The maximum absolute atomic E-state index is 13.0. The van der Waals surface area contributed by atoms with E-state index in [1.807, 2.05) is 4.90 Å². The third-order valence-electron chi connectivity index (χ3n) is 5.32. The zero-order chi connectivity index (χ0) is 16.8. The number of carbonyl (C=O) groups excluding carboxylic acids is 1. The van der Waals surface area contributed by atoms with E-state index in [9.17, 15) is 9.59 Å². The number of fused-ring (bicyclic) bond motifs is 5. The third-order valence-corrected chi connectivity index (χ3v) is 5.32. The van der Waals surface area contributed by atoms with E-state index in [0.717, 1.165) is 26.1 Å². The van der Waals surface area contributed by atoms with Gasteiger partial charge in [0.1, 0.15) is 0 Å². The van der Waals surface area contributed by atoms with Gasteiger partial charge in [0.2, 0.25) is 0 Å². The van der Waals surface area contributed by atoms with Crippen LogP contribution in [0.4, 0.5) is 0 Å². The van der Waals surface area contributed by atoms with Crippen LogP contribution in [-0.4, -0.2) is 58.0 Å². The maximum atomic E-state index is 13.0. The first-order valence-electron chi connectivity index (χ1n) is 8.48. The first kappa shape index (κ1) is 15.3. The van der Waals surface area contributed by atoms with Crippen molar-refractivity contribution in [3.05, 3.63) is 40.4 Å². The van der Waals surface area contributed by atoms with Gasteiger partial charge in [0.05, 0.1) is 17.2 Å². The Morgan fingerprint density at radius 3 is 2.83 bits per heavy atom. The predicted molar refractivity (Wildman–Crippen MR) is 92.0 cm³/mol. The Labute approximate surface area is 140 Å². The van der Waals surface area contributed by atoms with E-state index in [4.69, 9.17) is 0 Å². The van der Waals surface area contributed by atoms with Crippen LogP contribution in [0.1, 0.15) is 23.2 Å². The van der Waals surface area contributed by atoms with Crippen molar-refractivity contribution >= 4 is 16.8 Å². The number of likely N-dealkylation sites (N-methyl/N-ethyl adjacent to an activating group) is 1. The summed E-state index contributed by atoms with van der Waals surface area (Å²) in [5.74, 6) is 0.618. The second-order valence-corrected chi connectivity index (χ2v) is 7.17. The second kappa shape index (κ2) is 5.70. The number of benzene rings is 1. The molecule has 2 bridgehead atoms. The summed E-state index contributed by atoms with van der Waals surface area (Å²) < 4.78 is 1.45. The fraction of sp³-hybridized carbons (Fsp3) is 0.500. The molecule has 24 heavy (non-hydrogen) atoms. The molecule has 6 nitrogen and oxygen atoms in total. The summed E-state index contributed by atoms with van der Waals surface area (Å²) >= 11 is 0. The largest absolute Gasteiger partial charge is 0.334 e. The number of aromatic nitrogens is 2. The summed E-state index contributed by atoms with van der Waals surface area (Å²) in [6.07, 6.45) is 3.78. The molecule has 2 aromatic rings. The lowest BCUT2D eigenvalue weighted by Gasteiger charge is -2.36. The monoisotopic (exact) mass is 326 g/mol. The van der Waals surface area contributed by atoms with Crippen LogP contribution in [0.3, 0.4) is 0 Å². The zero-order valence-electron chi connectivity index (χ0n) is 14.1. The van der Waals surface area contributed by atoms with Gasteiger partial charge in [-0.05, 0) is 44.0 Å². The van der Waals surface area contributed by atoms with E-state index in [1.54, 1.807) is 25.2 Å². The van der Waals surface area contributed by atoms with Gasteiger partial charge < -0.3 is 14.4 Å². The van der Waals surface area contributed by atoms with E-state index in [0.29, 0.717) is 22.4 Å². The highest BCUT2D eigenvalue weighted by Crippen LogP contribution is 2.28. The molecule has 1 amide bonds. The molecule has 2 atom stereocenters. The Morgan fingerprint density at radius 2 is 2.00 bits per heavy atom. The molecular formula is C18H22N4O2. The van der Waals surface area contributed by atoms with Gasteiger partial charge in [-0.2, -0.15) is 0 Å². The van der Waals surface area contributed by atoms with Crippen LogP contribution in [0.2, 0.25) is 0 Å². The number of carbonyl (C=O) groups is 1. The zero-order valence-corrected chi connectivity index (χ0v) is 14.1. The van der Waals surface area contributed by atoms with Crippen LogP contribution in [0, 0.1) is 5.92 Å². The van der Waals surface area contributed by atoms with Crippen molar-refractivity contribution in [1.29, 1.82) is 0 Å². The predicted octanol–water partition coefficient (Wildman–Crippen LogP) is 1.10. The van der Waals surface area contributed by atoms with Gasteiger partial charge in [-0.15, -0.1) is 0 Å². The molecule has 1 aromatic carbocycles. The Balaban J connectivity index is 1.68. The van der Waals surface area contributed by atoms with Crippen molar-refractivity contribution in [3.8, 4) is 0 Å². The van der Waals surface area contributed by atoms with E-state index in [-0.39, 0.29) is 17.5 Å². The molecule has 0 spiro atoms. The number of rotatable bonds is 1. The molecule has 4 heterocycles. The van der Waals surface area contributed by atoms with E-state index in [2.05, 4.69) is 16.9 Å². The standard InChI is InChI=1S/C18H22N4O2/c1-20-8-12-3-5-14(10-20)22(9-12)17(23)13-4-6-15-16(7-13)19-11-21(2)18(15)24/h4,6-7,11-12,14H,3,5,8-10H2,1-2H3/t12-,14+/m1/s1. The maximum Gasteiger partial charge on any atom is 0.260 e. The van der Waals surface area contributed by atoms with Crippen molar-refractivity contribution in [2.75, 3.05) is 26.7 Å². The second-order valence-electron chi connectivity index (χ2n) is 7.17. The highest BCUT2D eigenvalue weighted by atomic mass is 16.2. The minimum absolute atomic E-state index is 0.0596. The molecule has 3 aliphatic rings. The van der Waals surface area contributed by atoms with E-state index < -0.39 is 0 Å². The van der Waals surface area contributed by atoms with Crippen molar-refractivity contribution in [2.45, 2.75) is 18.9 Å². The van der Waals surface area contributed by atoms with Crippen LogP contribution in [0.5, 0.6) is 0 Å². The fourth-order valence-electron chi connectivity index (χ4n) is 4.07. The average molecular weight is 326 g/mol. The first-order chi connectivity index (χ1) is 11.5. The SMILES string of the molecule is CN1C[C@H]2CC[C@@H](C1)N(C(=O)c1ccc3c(=O)n(C)cnc3c1)C2. The molecule has 0 aliphatic carbocycles. The Morgan fingerprint density at radius 1 is 1.17 bits per heavy atom. The van der Waals surface area contributed by atoms with Gasteiger partial charge in [0.25, 0.3) is 11.5 Å². The van der Waals surface area contributed by atoms with E-state index >= 15 is 0 Å². The average Bonchev–Trinajstić information content (AvgIpc) is 2.86. The lowest BCUT2D eigenvalue weighted by Crippen LogP contribution is -2.47. The van der Waals surface area contributed by atoms with Gasteiger partial charge >= 0.3 is 0 Å². The number of hydrogen-bond donors (Lipinski definition) is 0.